The van der Waals surface area contributed by atoms with Crippen molar-refractivity contribution in [1.29, 1.82) is 0 Å². The smallest absolute Gasteiger partial charge is 0.357 e. The molecule has 3 N–H and O–H groups in total. The van der Waals surface area contributed by atoms with Crippen LogP contribution in [-0.2, 0) is 6.54 Å². The lowest BCUT2D eigenvalue weighted by molar-refractivity contribution is 0.0692. The Kier molecular flexibility index (Phi) is 5.33. The van der Waals surface area contributed by atoms with Crippen LogP contribution in [0.4, 0.5) is 5.95 Å². The van der Waals surface area contributed by atoms with Crippen molar-refractivity contribution in [2.45, 2.75) is 6.54 Å². The number of rotatable bonds is 5. The summed E-state index contributed by atoms with van der Waals surface area (Å²) in [5.74, 6) is -0.505. The third kappa shape index (κ3) is 3.88. The van der Waals surface area contributed by atoms with Crippen molar-refractivity contribution >= 4 is 35.2 Å². The minimum Gasteiger partial charge on any atom is -0.476 e. The number of anilines is 1. The number of nitrogens with one attached hydrogen (secondary N) is 2. The Morgan fingerprint density at radius 2 is 1.78 bits per heavy atom. The molecule has 27 heavy (non-hydrogen) atoms. The second kappa shape index (κ2) is 7.84. The van der Waals surface area contributed by atoms with Crippen LogP contribution >= 0.6 is 12.4 Å². The van der Waals surface area contributed by atoms with E-state index >= 15 is 0 Å². The van der Waals surface area contributed by atoms with Crippen LogP contribution in [-0.4, -0.2) is 31.2 Å². The quantitative estimate of drug-likeness (QED) is 0.486. The Morgan fingerprint density at radius 1 is 1.04 bits per heavy atom. The molecule has 7 nitrogen and oxygen atoms in total. The average molecular weight is 382 g/mol. The van der Waals surface area contributed by atoms with E-state index in [0.29, 0.717) is 23.4 Å². The largest absolute Gasteiger partial charge is 0.476 e. The molecule has 0 aliphatic carbocycles. The number of halogens is 1. The molecule has 0 saturated heterocycles. The predicted octanol–water partition coefficient (Wildman–Crippen LogP) is 3.75. The lowest BCUT2D eigenvalue weighted by Crippen LogP contribution is -2.03. The molecule has 0 spiro atoms. The van der Waals surface area contributed by atoms with E-state index < -0.39 is 5.97 Å². The highest BCUT2D eigenvalue weighted by Gasteiger charge is 2.13. The Labute approximate surface area is 160 Å². The zero-order valence-corrected chi connectivity index (χ0v) is 14.9. The maximum absolute atomic E-state index is 11.1. The normalized spacial score (nSPS) is 10.4. The first kappa shape index (κ1) is 18.3. The Hall–Kier alpha value is -3.45. The van der Waals surface area contributed by atoms with Crippen molar-refractivity contribution < 1.29 is 9.90 Å². The standard InChI is InChI=1S/C19H15N5O2.ClH/c25-18(26)17-15-7-6-13(8-16(15)23-24-17)14-10-21-19(22-11-14)20-9-12-4-2-1-3-5-12;/h1-8,10-11H,9H2,(H,23,24)(H,25,26)(H,20,21,22);1H. The highest BCUT2D eigenvalue weighted by atomic mass is 35.5. The molecule has 0 aliphatic rings. The van der Waals surface area contributed by atoms with Crippen molar-refractivity contribution in [3.63, 3.8) is 0 Å². The zero-order chi connectivity index (χ0) is 17.9. The Bertz CT molecular complexity index is 1060. The van der Waals surface area contributed by atoms with Gasteiger partial charge in [-0.15, -0.1) is 12.4 Å². The summed E-state index contributed by atoms with van der Waals surface area (Å²) in [6.45, 7) is 0.651. The van der Waals surface area contributed by atoms with Crippen molar-refractivity contribution in [2.24, 2.45) is 0 Å². The van der Waals surface area contributed by atoms with Gasteiger partial charge >= 0.3 is 5.97 Å². The third-order valence-electron chi connectivity index (χ3n) is 4.04. The van der Waals surface area contributed by atoms with Gasteiger partial charge in [-0.25, -0.2) is 14.8 Å². The summed E-state index contributed by atoms with van der Waals surface area (Å²) in [6, 6.07) is 15.4. The number of hydrogen-bond donors (Lipinski definition) is 3. The molecule has 0 radical (unpaired) electrons. The van der Waals surface area contributed by atoms with Crippen molar-refractivity contribution in [2.75, 3.05) is 5.32 Å². The number of H-pyrrole nitrogens is 1. The molecule has 2 aromatic heterocycles. The molecule has 136 valence electrons. The minimum absolute atomic E-state index is 0. The summed E-state index contributed by atoms with van der Waals surface area (Å²) in [7, 11) is 0. The molecule has 2 aromatic carbocycles. The maximum atomic E-state index is 11.1. The highest BCUT2D eigenvalue weighted by Crippen LogP contribution is 2.24. The van der Waals surface area contributed by atoms with Gasteiger partial charge in [0, 0.05) is 29.9 Å². The zero-order valence-electron chi connectivity index (χ0n) is 14.1. The van der Waals surface area contributed by atoms with Crippen LogP contribution in [0.2, 0.25) is 0 Å². The van der Waals surface area contributed by atoms with E-state index in [4.69, 9.17) is 5.11 Å². The molecule has 0 fully saturated rings. The van der Waals surface area contributed by atoms with Gasteiger partial charge in [0.25, 0.3) is 0 Å². The van der Waals surface area contributed by atoms with E-state index in [1.807, 2.05) is 42.5 Å². The molecular weight excluding hydrogens is 366 g/mol. The molecule has 2 heterocycles. The van der Waals surface area contributed by atoms with Gasteiger partial charge in [-0.1, -0.05) is 36.4 Å². The summed E-state index contributed by atoms with van der Waals surface area (Å²) >= 11 is 0. The minimum atomic E-state index is -1.05. The maximum Gasteiger partial charge on any atom is 0.357 e. The first-order valence-electron chi connectivity index (χ1n) is 8.02. The monoisotopic (exact) mass is 381 g/mol. The van der Waals surface area contributed by atoms with Gasteiger partial charge in [-0.05, 0) is 23.3 Å². The Morgan fingerprint density at radius 3 is 2.48 bits per heavy atom. The van der Waals surface area contributed by atoms with E-state index in [2.05, 4.69) is 25.5 Å². The molecule has 8 heteroatoms. The van der Waals surface area contributed by atoms with Crippen LogP contribution < -0.4 is 5.32 Å². The van der Waals surface area contributed by atoms with Gasteiger partial charge in [0.1, 0.15) is 0 Å². The SMILES string of the molecule is Cl.O=C(O)c1n[nH]c2cc(-c3cnc(NCc4ccccc4)nc3)ccc12. The molecule has 4 rings (SSSR count). The summed E-state index contributed by atoms with van der Waals surface area (Å²) in [5.41, 5.74) is 3.55. The molecule has 4 aromatic rings. The number of carbonyl (C=O) groups is 1. The summed E-state index contributed by atoms with van der Waals surface area (Å²) in [5, 5.41) is 19.4. The predicted molar refractivity (Wildman–Crippen MR) is 105 cm³/mol. The van der Waals surface area contributed by atoms with Crippen molar-refractivity contribution in [1.82, 2.24) is 20.2 Å². The number of carboxylic acids is 1. The fourth-order valence-corrected chi connectivity index (χ4v) is 2.71. The fourth-order valence-electron chi connectivity index (χ4n) is 2.71. The molecule has 0 aliphatic heterocycles. The lowest BCUT2D eigenvalue weighted by atomic mass is 10.1. The summed E-state index contributed by atoms with van der Waals surface area (Å²) in [6.07, 6.45) is 3.46. The van der Waals surface area contributed by atoms with Gasteiger partial charge in [0.05, 0.1) is 5.52 Å². The number of nitrogens with zero attached hydrogens (tertiary/aromatic N) is 3. The second-order valence-corrected chi connectivity index (χ2v) is 5.77. The van der Waals surface area contributed by atoms with Gasteiger partial charge in [0.2, 0.25) is 5.95 Å². The number of aromatic carboxylic acids is 1. The van der Waals surface area contributed by atoms with Gasteiger partial charge in [-0.2, -0.15) is 5.10 Å². The molecule has 0 unspecified atom stereocenters. The number of benzene rings is 2. The highest BCUT2D eigenvalue weighted by molar-refractivity contribution is 6.01. The first-order chi connectivity index (χ1) is 12.7. The molecule has 0 atom stereocenters. The summed E-state index contributed by atoms with van der Waals surface area (Å²) < 4.78 is 0. The van der Waals surface area contributed by atoms with Crippen LogP contribution in [0.3, 0.4) is 0 Å². The average Bonchev–Trinajstić information content (AvgIpc) is 3.11. The van der Waals surface area contributed by atoms with Crippen LogP contribution in [0.1, 0.15) is 16.1 Å². The number of hydrogen-bond acceptors (Lipinski definition) is 5. The Balaban J connectivity index is 0.00000210. The number of aromatic amines is 1. The summed E-state index contributed by atoms with van der Waals surface area (Å²) in [4.78, 5) is 19.8. The molecule has 0 bridgehead atoms. The van der Waals surface area contributed by atoms with Crippen molar-refractivity contribution in [3.8, 4) is 11.1 Å². The van der Waals surface area contributed by atoms with Gasteiger partial charge < -0.3 is 10.4 Å². The van der Waals surface area contributed by atoms with Crippen LogP contribution in [0.25, 0.3) is 22.0 Å². The van der Waals surface area contributed by atoms with Crippen LogP contribution in [0, 0.1) is 0 Å². The van der Waals surface area contributed by atoms with E-state index in [9.17, 15) is 4.79 Å². The van der Waals surface area contributed by atoms with E-state index in [-0.39, 0.29) is 18.1 Å². The molecular formula is C19H16ClN5O2. The number of aromatic nitrogens is 4. The topological polar surface area (TPSA) is 104 Å². The number of fused-ring (bicyclic) bond motifs is 1. The molecule has 0 amide bonds. The lowest BCUT2D eigenvalue weighted by Gasteiger charge is -2.06. The molecule has 0 saturated carbocycles. The third-order valence-corrected chi connectivity index (χ3v) is 4.04. The fraction of sp³-hybridized carbons (Fsp3) is 0.0526. The van der Waals surface area contributed by atoms with Crippen LogP contribution in [0.15, 0.2) is 60.9 Å². The second-order valence-electron chi connectivity index (χ2n) is 5.77. The first-order valence-corrected chi connectivity index (χ1v) is 8.02. The van der Waals surface area contributed by atoms with Crippen LogP contribution in [0.5, 0.6) is 0 Å². The van der Waals surface area contributed by atoms with Crippen molar-refractivity contribution in [3.05, 3.63) is 72.2 Å². The van der Waals surface area contributed by atoms with E-state index in [0.717, 1.165) is 16.7 Å². The number of carboxylic acid groups (broad SMARTS) is 1. The van der Waals surface area contributed by atoms with E-state index in [1.165, 1.54) is 0 Å². The van der Waals surface area contributed by atoms with E-state index in [1.54, 1.807) is 18.5 Å². The van der Waals surface area contributed by atoms with Gasteiger partial charge in [0.15, 0.2) is 5.69 Å². The van der Waals surface area contributed by atoms with Gasteiger partial charge in [-0.3, -0.25) is 5.10 Å².